The van der Waals surface area contributed by atoms with E-state index < -0.39 is 0 Å². The van der Waals surface area contributed by atoms with Crippen LogP contribution in [0.3, 0.4) is 0 Å². The second kappa shape index (κ2) is 4.06. The summed E-state index contributed by atoms with van der Waals surface area (Å²) in [7, 11) is 1.55. The predicted octanol–water partition coefficient (Wildman–Crippen LogP) is 1.41. The molecule has 4 heteroatoms. The Balaban J connectivity index is 2.26. The lowest BCUT2D eigenvalue weighted by Crippen LogP contribution is -2.22. The van der Waals surface area contributed by atoms with Gasteiger partial charge in [-0.2, -0.15) is 0 Å². The Labute approximate surface area is 88.1 Å². The van der Waals surface area contributed by atoms with Gasteiger partial charge in [0.15, 0.2) is 0 Å². The molecule has 1 aromatic carbocycles. The quantitative estimate of drug-likeness (QED) is 0.802. The van der Waals surface area contributed by atoms with Crippen LogP contribution in [0.2, 0.25) is 0 Å². The summed E-state index contributed by atoms with van der Waals surface area (Å²) < 4.78 is 18.5. The number of methoxy groups -OCH3 is 1. The van der Waals surface area contributed by atoms with Crippen molar-refractivity contribution in [2.24, 2.45) is 0 Å². The molecule has 82 valence electrons. The first-order chi connectivity index (χ1) is 7.20. The molecule has 0 spiro atoms. The molecule has 1 unspecified atom stereocenters. The Morgan fingerprint density at radius 2 is 2.33 bits per heavy atom. The van der Waals surface area contributed by atoms with Crippen molar-refractivity contribution in [1.82, 2.24) is 0 Å². The van der Waals surface area contributed by atoms with E-state index >= 15 is 0 Å². The number of hydrogen-bond acceptors (Lipinski definition) is 3. The van der Waals surface area contributed by atoms with Crippen LogP contribution in [0.15, 0.2) is 18.2 Å². The number of nitrogens with zero attached hydrogens (tertiary/aromatic N) is 1. The fourth-order valence-electron chi connectivity index (χ4n) is 1.82. The van der Waals surface area contributed by atoms with Gasteiger partial charge < -0.3 is 14.7 Å². The molecule has 1 aromatic rings. The van der Waals surface area contributed by atoms with Gasteiger partial charge in [-0.15, -0.1) is 0 Å². The number of anilines is 1. The summed E-state index contributed by atoms with van der Waals surface area (Å²) in [6.45, 7) is 1.18. The third kappa shape index (κ3) is 2.04. The normalized spacial score (nSPS) is 20.7. The second-order valence-corrected chi connectivity index (χ2v) is 3.71. The average molecular weight is 211 g/mol. The molecule has 1 atom stereocenters. The molecule has 1 aliphatic rings. The van der Waals surface area contributed by atoms with Gasteiger partial charge in [-0.05, 0) is 18.6 Å². The van der Waals surface area contributed by atoms with Crippen LogP contribution in [0.1, 0.15) is 6.42 Å². The first kappa shape index (κ1) is 10.2. The van der Waals surface area contributed by atoms with E-state index in [4.69, 9.17) is 4.74 Å². The largest absolute Gasteiger partial charge is 0.497 e. The number of rotatable bonds is 2. The summed E-state index contributed by atoms with van der Waals surface area (Å²) in [6.07, 6.45) is 0.340. The predicted molar refractivity (Wildman–Crippen MR) is 55.8 cm³/mol. The minimum Gasteiger partial charge on any atom is -0.497 e. The zero-order valence-electron chi connectivity index (χ0n) is 8.61. The lowest BCUT2D eigenvalue weighted by atomic mass is 10.2. The van der Waals surface area contributed by atoms with Crippen molar-refractivity contribution in [3.05, 3.63) is 24.0 Å². The number of aliphatic hydroxyl groups excluding tert-OH is 1. The molecule has 1 aliphatic heterocycles. The highest BCUT2D eigenvalue weighted by Gasteiger charge is 2.22. The topological polar surface area (TPSA) is 32.7 Å². The van der Waals surface area contributed by atoms with Crippen LogP contribution in [0.25, 0.3) is 0 Å². The standard InChI is InChI=1S/C11H14FNO2/c1-15-9-2-3-10(12)11(6-9)13-5-4-8(14)7-13/h2-3,6,8,14H,4-5,7H2,1H3. The molecule has 1 heterocycles. The summed E-state index contributed by atoms with van der Waals surface area (Å²) in [5.74, 6) is 0.359. The summed E-state index contributed by atoms with van der Waals surface area (Å²) in [6, 6.07) is 4.64. The van der Waals surface area contributed by atoms with Gasteiger partial charge in [-0.3, -0.25) is 0 Å². The van der Waals surface area contributed by atoms with E-state index in [0.717, 1.165) is 0 Å². The molecule has 0 aromatic heterocycles. The van der Waals surface area contributed by atoms with E-state index in [2.05, 4.69) is 0 Å². The summed E-state index contributed by atoms with van der Waals surface area (Å²) in [5, 5.41) is 9.38. The summed E-state index contributed by atoms with van der Waals surface area (Å²) in [5.41, 5.74) is 0.505. The molecule has 1 N–H and O–H groups in total. The molecular weight excluding hydrogens is 197 g/mol. The fourth-order valence-corrected chi connectivity index (χ4v) is 1.82. The molecule has 0 radical (unpaired) electrons. The molecule has 15 heavy (non-hydrogen) atoms. The number of aliphatic hydroxyl groups is 1. The van der Waals surface area contributed by atoms with Gasteiger partial charge >= 0.3 is 0 Å². The molecule has 1 saturated heterocycles. The molecule has 0 amide bonds. The first-order valence-corrected chi connectivity index (χ1v) is 4.97. The van der Waals surface area contributed by atoms with Gasteiger partial charge in [-0.25, -0.2) is 4.39 Å². The third-order valence-corrected chi connectivity index (χ3v) is 2.66. The molecular formula is C11H14FNO2. The van der Waals surface area contributed by atoms with Crippen molar-refractivity contribution in [1.29, 1.82) is 0 Å². The van der Waals surface area contributed by atoms with Gasteiger partial charge in [-0.1, -0.05) is 0 Å². The van der Waals surface area contributed by atoms with E-state index in [1.165, 1.54) is 6.07 Å². The highest BCUT2D eigenvalue weighted by molar-refractivity contribution is 5.52. The summed E-state index contributed by atoms with van der Waals surface area (Å²) in [4.78, 5) is 1.84. The maximum atomic E-state index is 13.5. The van der Waals surface area contributed by atoms with E-state index in [1.807, 2.05) is 4.90 Å². The smallest absolute Gasteiger partial charge is 0.146 e. The Hall–Kier alpha value is -1.29. The van der Waals surface area contributed by atoms with Crippen LogP contribution in [-0.4, -0.2) is 31.4 Å². The Kier molecular flexibility index (Phi) is 2.77. The molecule has 0 bridgehead atoms. The highest BCUT2D eigenvalue weighted by atomic mass is 19.1. The van der Waals surface area contributed by atoms with Crippen molar-refractivity contribution in [2.75, 3.05) is 25.1 Å². The molecule has 3 nitrogen and oxygen atoms in total. The molecule has 0 aliphatic carbocycles. The van der Waals surface area contributed by atoms with Crippen LogP contribution in [0.4, 0.5) is 10.1 Å². The maximum absolute atomic E-state index is 13.5. The van der Waals surface area contributed by atoms with E-state index in [-0.39, 0.29) is 11.9 Å². The van der Waals surface area contributed by atoms with Gasteiger partial charge in [0.05, 0.1) is 18.9 Å². The molecule has 2 rings (SSSR count). The summed E-state index contributed by atoms with van der Waals surface area (Å²) >= 11 is 0. The third-order valence-electron chi connectivity index (χ3n) is 2.66. The first-order valence-electron chi connectivity index (χ1n) is 4.97. The Morgan fingerprint density at radius 3 is 2.93 bits per heavy atom. The number of ether oxygens (including phenoxy) is 1. The minimum atomic E-state index is -0.351. The SMILES string of the molecule is COc1ccc(F)c(N2CCC(O)C2)c1. The molecule has 0 saturated carbocycles. The average Bonchev–Trinajstić information content (AvgIpc) is 2.65. The van der Waals surface area contributed by atoms with Crippen LogP contribution < -0.4 is 9.64 Å². The van der Waals surface area contributed by atoms with Gasteiger partial charge in [0.25, 0.3) is 0 Å². The zero-order valence-corrected chi connectivity index (χ0v) is 8.61. The maximum Gasteiger partial charge on any atom is 0.146 e. The lowest BCUT2D eigenvalue weighted by Gasteiger charge is -2.19. The fraction of sp³-hybridized carbons (Fsp3) is 0.455. The van der Waals surface area contributed by atoms with Crippen LogP contribution >= 0.6 is 0 Å². The Morgan fingerprint density at radius 1 is 1.53 bits per heavy atom. The van der Waals surface area contributed by atoms with E-state index in [0.29, 0.717) is 30.9 Å². The minimum absolute atomic E-state index is 0.273. The number of halogens is 1. The van der Waals surface area contributed by atoms with E-state index in [1.54, 1.807) is 19.2 Å². The zero-order chi connectivity index (χ0) is 10.8. The van der Waals surface area contributed by atoms with Crippen LogP contribution in [0, 0.1) is 5.82 Å². The highest BCUT2D eigenvalue weighted by Crippen LogP contribution is 2.27. The van der Waals surface area contributed by atoms with Crippen molar-refractivity contribution in [3.63, 3.8) is 0 Å². The van der Waals surface area contributed by atoms with Crippen LogP contribution in [-0.2, 0) is 0 Å². The van der Waals surface area contributed by atoms with Gasteiger partial charge in [0.1, 0.15) is 11.6 Å². The van der Waals surface area contributed by atoms with Crippen LogP contribution in [0.5, 0.6) is 5.75 Å². The van der Waals surface area contributed by atoms with Gasteiger partial charge in [0.2, 0.25) is 0 Å². The molecule has 1 fully saturated rings. The van der Waals surface area contributed by atoms with Crippen molar-refractivity contribution < 1.29 is 14.2 Å². The second-order valence-electron chi connectivity index (χ2n) is 3.71. The number of hydrogen-bond donors (Lipinski definition) is 1. The van der Waals surface area contributed by atoms with Gasteiger partial charge in [0, 0.05) is 19.2 Å². The van der Waals surface area contributed by atoms with E-state index in [9.17, 15) is 9.50 Å². The van der Waals surface area contributed by atoms with Crippen molar-refractivity contribution in [3.8, 4) is 5.75 Å². The number of β-amino-alcohol motifs (C(OH)–C–C–N with tert-alkyl or cyclic N) is 1. The van der Waals surface area contributed by atoms with Crippen molar-refractivity contribution >= 4 is 5.69 Å². The Bertz CT molecular complexity index is 356. The number of benzene rings is 1. The van der Waals surface area contributed by atoms with Crippen molar-refractivity contribution in [2.45, 2.75) is 12.5 Å². The monoisotopic (exact) mass is 211 g/mol. The lowest BCUT2D eigenvalue weighted by molar-refractivity contribution is 0.198.